The third kappa shape index (κ3) is 3.84. The van der Waals surface area contributed by atoms with E-state index in [2.05, 4.69) is 20.7 Å². The lowest BCUT2D eigenvalue weighted by Gasteiger charge is -2.21. The quantitative estimate of drug-likeness (QED) is 0.781. The van der Waals surface area contributed by atoms with Gasteiger partial charge in [-0.15, -0.1) is 0 Å². The zero-order valence-electron chi connectivity index (χ0n) is 14.7. The summed E-state index contributed by atoms with van der Waals surface area (Å²) in [6.45, 7) is 3.77. The van der Waals surface area contributed by atoms with Crippen molar-refractivity contribution in [2.45, 2.75) is 37.6 Å². The summed E-state index contributed by atoms with van der Waals surface area (Å²) in [5.41, 5.74) is 2.72. The monoisotopic (exact) mass is 436 g/mol. The Morgan fingerprint density at radius 3 is 2.62 bits per heavy atom. The average Bonchev–Trinajstić information content (AvgIpc) is 2.89. The van der Waals surface area contributed by atoms with Crippen molar-refractivity contribution in [1.29, 1.82) is 0 Å². The maximum Gasteiger partial charge on any atom is 0.241 e. The van der Waals surface area contributed by atoms with Crippen LogP contribution in [0.2, 0.25) is 0 Å². The number of anilines is 1. The van der Waals surface area contributed by atoms with E-state index in [1.165, 1.54) is 6.92 Å². The summed E-state index contributed by atoms with van der Waals surface area (Å²) in [4.78, 5) is 13.8. The van der Waals surface area contributed by atoms with E-state index in [1.807, 2.05) is 37.3 Å². The van der Waals surface area contributed by atoms with Crippen LogP contribution >= 0.6 is 15.9 Å². The lowest BCUT2D eigenvalue weighted by Crippen LogP contribution is -2.33. The number of nitrogens with zero attached hydrogens (tertiary/aromatic N) is 1. The highest BCUT2D eigenvalue weighted by molar-refractivity contribution is 9.10. The van der Waals surface area contributed by atoms with Crippen molar-refractivity contribution in [3.8, 4) is 0 Å². The number of benzene rings is 2. The summed E-state index contributed by atoms with van der Waals surface area (Å²) in [6, 6.07) is 13.1. The number of carbonyl (C=O) groups excluding carboxylic acids is 1. The molecule has 1 amide bonds. The lowest BCUT2D eigenvalue weighted by atomic mass is 10.1. The molecular weight excluding hydrogens is 416 g/mol. The number of amides is 1. The molecule has 0 aliphatic carbocycles. The van der Waals surface area contributed by atoms with Gasteiger partial charge >= 0.3 is 0 Å². The topological polar surface area (TPSA) is 66.5 Å². The molecule has 138 valence electrons. The second kappa shape index (κ2) is 7.50. The molecule has 1 atom stereocenters. The van der Waals surface area contributed by atoms with Gasteiger partial charge in [-0.25, -0.2) is 13.1 Å². The van der Waals surface area contributed by atoms with Crippen molar-refractivity contribution in [1.82, 2.24) is 4.72 Å². The molecule has 0 fully saturated rings. The Kier molecular flexibility index (Phi) is 5.50. The van der Waals surface area contributed by atoms with Gasteiger partial charge in [-0.3, -0.25) is 4.79 Å². The van der Waals surface area contributed by atoms with E-state index in [-0.39, 0.29) is 16.8 Å². The molecule has 1 aliphatic heterocycles. The van der Waals surface area contributed by atoms with Crippen molar-refractivity contribution in [2.24, 2.45) is 0 Å². The fourth-order valence-electron chi connectivity index (χ4n) is 3.36. The molecule has 1 heterocycles. The molecular formula is C19H21BrN2O3S. The molecule has 0 aromatic heterocycles. The summed E-state index contributed by atoms with van der Waals surface area (Å²) in [7, 11) is -3.68. The smallest absolute Gasteiger partial charge is 0.241 e. The molecule has 0 saturated heterocycles. The molecule has 2 aromatic carbocycles. The van der Waals surface area contributed by atoms with Crippen molar-refractivity contribution in [3.05, 3.63) is 58.1 Å². The van der Waals surface area contributed by atoms with Gasteiger partial charge in [0.2, 0.25) is 15.9 Å². The summed E-state index contributed by atoms with van der Waals surface area (Å²) in [6.07, 6.45) is 1.33. The Morgan fingerprint density at radius 1 is 1.27 bits per heavy atom. The van der Waals surface area contributed by atoms with Crippen LogP contribution in [0.1, 0.15) is 25.0 Å². The molecule has 0 radical (unpaired) electrons. The molecule has 3 rings (SSSR count). The number of hydrogen-bond acceptors (Lipinski definition) is 3. The van der Waals surface area contributed by atoms with Gasteiger partial charge in [-0.1, -0.05) is 30.3 Å². The molecule has 26 heavy (non-hydrogen) atoms. The van der Waals surface area contributed by atoms with Crippen LogP contribution in [-0.4, -0.2) is 26.9 Å². The van der Waals surface area contributed by atoms with E-state index in [9.17, 15) is 13.2 Å². The van der Waals surface area contributed by atoms with Crippen molar-refractivity contribution in [3.63, 3.8) is 0 Å². The maximum absolute atomic E-state index is 12.8. The summed E-state index contributed by atoms with van der Waals surface area (Å²) < 4.78 is 28.7. The van der Waals surface area contributed by atoms with Crippen molar-refractivity contribution in [2.75, 3.05) is 11.4 Å². The van der Waals surface area contributed by atoms with E-state index in [4.69, 9.17) is 0 Å². The van der Waals surface area contributed by atoms with Gasteiger partial charge in [-0.05, 0) is 59.0 Å². The predicted molar refractivity (Wildman–Crippen MR) is 106 cm³/mol. The number of fused-ring (bicyclic) bond motifs is 1. The van der Waals surface area contributed by atoms with Gasteiger partial charge in [0.15, 0.2) is 0 Å². The van der Waals surface area contributed by atoms with Crippen LogP contribution < -0.4 is 9.62 Å². The van der Waals surface area contributed by atoms with Crippen molar-refractivity contribution < 1.29 is 13.2 Å². The van der Waals surface area contributed by atoms with Crippen LogP contribution in [0.4, 0.5) is 5.69 Å². The van der Waals surface area contributed by atoms with Crippen LogP contribution in [0.5, 0.6) is 0 Å². The van der Waals surface area contributed by atoms with E-state index < -0.39 is 10.0 Å². The molecule has 0 unspecified atom stereocenters. The standard InChI is InChI=1S/C19H21BrN2O3S/c1-13-10-16-11-17(20)19(12-18(16)22(13)14(2)23)26(24,25)21-9-8-15-6-4-3-5-7-15/h3-7,11-13,21H,8-10H2,1-2H3/t13-/m0/s1. The Hall–Kier alpha value is -1.70. The number of rotatable bonds is 5. The van der Waals surface area contributed by atoms with E-state index in [0.717, 1.165) is 17.5 Å². The first-order valence-corrected chi connectivity index (χ1v) is 10.7. The van der Waals surface area contributed by atoms with Crippen LogP contribution in [0.25, 0.3) is 0 Å². The Bertz CT molecular complexity index is 929. The minimum Gasteiger partial charge on any atom is -0.309 e. The predicted octanol–water partition coefficient (Wildman–Crippen LogP) is 3.27. The minimum absolute atomic E-state index is 0.0263. The SMILES string of the molecule is CC(=O)N1c2cc(S(=O)(=O)NCCc3ccccc3)c(Br)cc2C[C@@H]1C. The van der Waals surface area contributed by atoms with E-state index in [1.54, 1.807) is 17.0 Å². The van der Waals surface area contributed by atoms with Gasteiger partial charge < -0.3 is 4.90 Å². The fraction of sp³-hybridized carbons (Fsp3) is 0.316. The van der Waals surface area contributed by atoms with Crippen LogP contribution in [0.3, 0.4) is 0 Å². The summed E-state index contributed by atoms with van der Waals surface area (Å²) in [5.74, 6) is -0.0843. The molecule has 1 aliphatic rings. The van der Waals surface area contributed by atoms with E-state index in [0.29, 0.717) is 23.1 Å². The second-order valence-electron chi connectivity index (χ2n) is 6.49. The molecule has 0 bridgehead atoms. The first-order valence-electron chi connectivity index (χ1n) is 8.45. The van der Waals surface area contributed by atoms with Gasteiger partial charge in [0.05, 0.1) is 4.90 Å². The number of hydrogen-bond donors (Lipinski definition) is 1. The zero-order valence-corrected chi connectivity index (χ0v) is 17.1. The molecule has 5 nitrogen and oxygen atoms in total. The Morgan fingerprint density at radius 2 is 1.96 bits per heavy atom. The third-order valence-electron chi connectivity index (χ3n) is 4.53. The van der Waals surface area contributed by atoms with E-state index >= 15 is 0 Å². The van der Waals surface area contributed by atoms with Gasteiger partial charge in [0.1, 0.15) is 0 Å². The molecule has 1 N–H and O–H groups in total. The highest BCUT2D eigenvalue weighted by Gasteiger charge is 2.31. The molecule has 7 heteroatoms. The maximum atomic E-state index is 12.8. The van der Waals surface area contributed by atoms with Crippen LogP contribution in [0.15, 0.2) is 51.8 Å². The van der Waals surface area contributed by atoms with Crippen LogP contribution in [0, 0.1) is 0 Å². The van der Waals surface area contributed by atoms with Crippen LogP contribution in [-0.2, 0) is 27.7 Å². The van der Waals surface area contributed by atoms with Gasteiger partial charge in [-0.2, -0.15) is 0 Å². The minimum atomic E-state index is -3.68. The van der Waals surface area contributed by atoms with Crippen molar-refractivity contribution >= 4 is 37.5 Å². The first kappa shape index (κ1) is 19.1. The Labute approximate surface area is 162 Å². The largest absolute Gasteiger partial charge is 0.309 e. The highest BCUT2D eigenvalue weighted by Crippen LogP contribution is 2.37. The third-order valence-corrected chi connectivity index (χ3v) is 6.95. The summed E-state index contributed by atoms with van der Waals surface area (Å²) in [5, 5.41) is 0. The Balaban J connectivity index is 1.83. The molecule has 2 aromatic rings. The van der Waals surface area contributed by atoms with Gasteiger partial charge in [0, 0.05) is 29.7 Å². The number of halogens is 1. The second-order valence-corrected chi connectivity index (χ2v) is 9.08. The number of nitrogens with one attached hydrogen (secondary N) is 1. The summed E-state index contributed by atoms with van der Waals surface area (Å²) >= 11 is 3.38. The number of carbonyl (C=O) groups is 1. The normalized spacial score (nSPS) is 16.6. The lowest BCUT2D eigenvalue weighted by molar-refractivity contribution is -0.116. The van der Waals surface area contributed by atoms with Gasteiger partial charge in [0.25, 0.3) is 0 Å². The fourth-order valence-corrected chi connectivity index (χ4v) is 5.50. The first-order chi connectivity index (χ1) is 12.3. The number of sulfonamides is 1. The zero-order chi connectivity index (χ0) is 18.9. The molecule has 0 spiro atoms. The average molecular weight is 437 g/mol. The highest BCUT2D eigenvalue weighted by atomic mass is 79.9. The molecule has 0 saturated carbocycles.